The summed E-state index contributed by atoms with van der Waals surface area (Å²) in [5.41, 5.74) is -0.121. The summed E-state index contributed by atoms with van der Waals surface area (Å²) in [6.07, 6.45) is 0. The zero-order chi connectivity index (χ0) is 9.14. The maximum Gasteiger partial charge on any atom is 1.00 e. The minimum absolute atomic E-state index is 0. The summed E-state index contributed by atoms with van der Waals surface area (Å²) in [6, 6.07) is 4.65. The third-order valence-corrected chi connectivity index (χ3v) is 1.90. The number of nitro groups is 1. The minimum atomic E-state index is -2.32. The first-order valence-electron chi connectivity index (χ1n) is 2.95. The van der Waals surface area contributed by atoms with Gasteiger partial charge in [0.15, 0.2) is 0 Å². The molecule has 0 amide bonds. The molecule has 0 saturated carbocycles. The summed E-state index contributed by atoms with van der Waals surface area (Å²) >= 11 is -2.32. The first-order valence-corrected chi connectivity index (χ1v) is 4.02. The summed E-state index contributed by atoms with van der Waals surface area (Å²) in [7, 11) is 0. The molecule has 13 heavy (non-hydrogen) atoms. The molecular formula is C6H4KNO4S. The summed E-state index contributed by atoms with van der Waals surface area (Å²) in [5.74, 6) is 0. The number of hydrogen-bond acceptors (Lipinski definition) is 4. The fraction of sp³-hybridized carbons (Fsp3) is 0. The van der Waals surface area contributed by atoms with Crippen molar-refractivity contribution in [2.75, 3.05) is 0 Å². The van der Waals surface area contributed by atoms with Crippen LogP contribution in [-0.2, 0) is 11.1 Å². The zero-order valence-electron chi connectivity index (χ0n) is 6.80. The summed E-state index contributed by atoms with van der Waals surface area (Å²) in [4.78, 5) is 9.59. The van der Waals surface area contributed by atoms with E-state index >= 15 is 0 Å². The summed E-state index contributed by atoms with van der Waals surface area (Å²) in [5, 5.41) is 10.1. The monoisotopic (exact) mass is 225 g/mol. The fourth-order valence-corrected chi connectivity index (χ4v) is 1.04. The van der Waals surface area contributed by atoms with E-state index in [0.29, 0.717) is 0 Å². The normalized spacial score (nSPS) is 11.5. The Morgan fingerprint density at radius 1 is 1.23 bits per heavy atom. The van der Waals surface area contributed by atoms with Crippen LogP contribution >= 0.6 is 0 Å². The van der Waals surface area contributed by atoms with E-state index in [1.54, 1.807) is 0 Å². The predicted octanol–water partition coefficient (Wildman–Crippen LogP) is -2.16. The molecule has 1 aromatic carbocycles. The molecular weight excluding hydrogens is 221 g/mol. The van der Waals surface area contributed by atoms with Gasteiger partial charge in [-0.3, -0.25) is 14.3 Å². The van der Waals surface area contributed by atoms with E-state index in [4.69, 9.17) is 0 Å². The minimum Gasteiger partial charge on any atom is -0.768 e. The molecule has 7 heteroatoms. The van der Waals surface area contributed by atoms with Crippen LogP contribution in [0.3, 0.4) is 0 Å². The molecule has 1 unspecified atom stereocenters. The smallest absolute Gasteiger partial charge is 0.768 e. The quantitative estimate of drug-likeness (QED) is 0.248. The van der Waals surface area contributed by atoms with Gasteiger partial charge in [0.05, 0.1) is 4.92 Å². The van der Waals surface area contributed by atoms with Crippen molar-refractivity contribution < 1.29 is 65.1 Å². The number of rotatable bonds is 2. The van der Waals surface area contributed by atoms with E-state index in [-0.39, 0.29) is 62.0 Å². The van der Waals surface area contributed by atoms with Crippen LogP contribution in [0.4, 0.5) is 5.69 Å². The maximum absolute atomic E-state index is 10.3. The van der Waals surface area contributed by atoms with Gasteiger partial charge in [-0.05, 0) is 23.2 Å². The average molecular weight is 225 g/mol. The first kappa shape index (κ1) is 13.4. The van der Waals surface area contributed by atoms with E-state index in [1.165, 1.54) is 12.1 Å². The third-order valence-electron chi connectivity index (χ3n) is 1.24. The van der Waals surface area contributed by atoms with E-state index in [1.807, 2.05) is 0 Å². The van der Waals surface area contributed by atoms with Crippen LogP contribution in [0.25, 0.3) is 0 Å². The van der Waals surface area contributed by atoms with Gasteiger partial charge in [-0.1, -0.05) is 0 Å². The van der Waals surface area contributed by atoms with Crippen molar-refractivity contribution in [1.82, 2.24) is 0 Å². The van der Waals surface area contributed by atoms with Gasteiger partial charge < -0.3 is 4.55 Å². The molecule has 1 atom stereocenters. The second-order valence-corrected chi connectivity index (χ2v) is 2.93. The van der Waals surface area contributed by atoms with Crippen LogP contribution in [0, 0.1) is 10.1 Å². The molecule has 0 bridgehead atoms. The van der Waals surface area contributed by atoms with Crippen molar-refractivity contribution in [1.29, 1.82) is 0 Å². The average Bonchev–Trinajstić information content (AvgIpc) is 2.04. The van der Waals surface area contributed by atoms with Crippen LogP contribution in [0.5, 0.6) is 0 Å². The van der Waals surface area contributed by atoms with Crippen molar-refractivity contribution in [3.8, 4) is 0 Å². The molecule has 0 saturated heterocycles. The molecule has 5 nitrogen and oxygen atoms in total. The zero-order valence-corrected chi connectivity index (χ0v) is 10.7. The Kier molecular flexibility index (Phi) is 6.13. The molecule has 0 aliphatic heterocycles. The van der Waals surface area contributed by atoms with Gasteiger partial charge in [0.25, 0.3) is 5.69 Å². The van der Waals surface area contributed by atoms with Crippen molar-refractivity contribution in [2.45, 2.75) is 4.90 Å². The Labute approximate surface area is 119 Å². The van der Waals surface area contributed by atoms with Crippen LogP contribution in [0.1, 0.15) is 0 Å². The van der Waals surface area contributed by atoms with Gasteiger partial charge in [0.2, 0.25) is 0 Å². The topological polar surface area (TPSA) is 83.3 Å². The van der Waals surface area contributed by atoms with Crippen molar-refractivity contribution >= 4 is 16.8 Å². The van der Waals surface area contributed by atoms with E-state index in [0.717, 1.165) is 12.1 Å². The number of hydrogen-bond donors (Lipinski definition) is 0. The molecule has 0 fully saturated rings. The molecule has 0 spiro atoms. The molecule has 1 aromatic rings. The van der Waals surface area contributed by atoms with Gasteiger partial charge in [-0.25, -0.2) is 0 Å². The van der Waals surface area contributed by atoms with Crippen LogP contribution in [0.2, 0.25) is 0 Å². The van der Waals surface area contributed by atoms with Crippen LogP contribution in [-0.4, -0.2) is 13.7 Å². The molecule has 0 aliphatic carbocycles. The molecule has 1 rings (SSSR count). The molecule has 0 heterocycles. The Hall–Kier alpha value is 0.366. The standard InChI is InChI=1S/C6H5NO4S.K/c8-7(9)5-1-3-6(4-2-5)12(10)11;/h1-4H,(H,10,11);/q;+1/p-1. The van der Waals surface area contributed by atoms with Crippen molar-refractivity contribution in [2.24, 2.45) is 0 Å². The molecule has 0 radical (unpaired) electrons. The summed E-state index contributed by atoms with van der Waals surface area (Å²) < 4.78 is 20.6. The largest absolute Gasteiger partial charge is 1.00 e. The van der Waals surface area contributed by atoms with E-state index in [9.17, 15) is 18.9 Å². The van der Waals surface area contributed by atoms with E-state index in [2.05, 4.69) is 0 Å². The Morgan fingerprint density at radius 3 is 2.00 bits per heavy atom. The molecule has 0 N–H and O–H groups in total. The fourth-order valence-electron chi connectivity index (χ4n) is 0.679. The van der Waals surface area contributed by atoms with Crippen molar-refractivity contribution in [3.05, 3.63) is 34.4 Å². The molecule has 0 aliphatic rings. The summed E-state index contributed by atoms with van der Waals surface area (Å²) in [6.45, 7) is 0. The van der Waals surface area contributed by atoms with Crippen LogP contribution in [0.15, 0.2) is 29.2 Å². The molecule has 64 valence electrons. The van der Waals surface area contributed by atoms with Crippen molar-refractivity contribution in [3.63, 3.8) is 0 Å². The van der Waals surface area contributed by atoms with Gasteiger partial charge in [-0.15, -0.1) is 0 Å². The van der Waals surface area contributed by atoms with Gasteiger partial charge in [0, 0.05) is 17.0 Å². The maximum atomic E-state index is 10.3. The SMILES string of the molecule is O=[N+]([O-])c1ccc(S(=O)[O-])cc1.[K+]. The Morgan fingerprint density at radius 2 is 1.69 bits per heavy atom. The number of non-ortho nitro benzene ring substituents is 1. The van der Waals surface area contributed by atoms with Gasteiger partial charge >= 0.3 is 51.4 Å². The van der Waals surface area contributed by atoms with Gasteiger partial charge in [-0.2, -0.15) is 0 Å². The predicted molar refractivity (Wildman–Crippen MR) is 40.3 cm³/mol. The second-order valence-electron chi connectivity index (χ2n) is 1.99. The van der Waals surface area contributed by atoms with Crippen LogP contribution < -0.4 is 51.4 Å². The van der Waals surface area contributed by atoms with E-state index < -0.39 is 16.0 Å². The third kappa shape index (κ3) is 3.94. The first-order chi connectivity index (χ1) is 5.61. The number of benzene rings is 1. The number of nitrogens with zero attached hydrogens (tertiary/aromatic N) is 1. The molecule has 0 aromatic heterocycles. The second kappa shape index (κ2) is 5.96. The number of nitro benzene ring substituents is 1. The Balaban J connectivity index is 0.00000144. The van der Waals surface area contributed by atoms with Gasteiger partial charge in [0.1, 0.15) is 0 Å². The Bertz CT molecular complexity index is 293.